The quantitative estimate of drug-likeness (QED) is 0.328. The van der Waals surface area contributed by atoms with Gasteiger partial charge in [0.2, 0.25) is 26.0 Å². The summed E-state index contributed by atoms with van der Waals surface area (Å²) in [5.41, 5.74) is 2.89. The Hall–Kier alpha value is -3.05. The maximum Gasteiger partial charge on any atom is 0.243 e. The number of benzene rings is 3. The number of carbonyl (C=O) groups is 1. The molecule has 0 aromatic heterocycles. The van der Waals surface area contributed by atoms with Crippen molar-refractivity contribution in [2.24, 2.45) is 0 Å². The van der Waals surface area contributed by atoms with Crippen molar-refractivity contribution in [3.8, 4) is 0 Å². The van der Waals surface area contributed by atoms with Crippen LogP contribution < -0.4 is 10.0 Å². The van der Waals surface area contributed by atoms with E-state index in [-0.39, 0.29) is 17.2 Å². The van der Waals surface area contributed by atoms with E-state index < -0.39 is 20.0 Å². The van der Waals surface area contributed by atoms with E-state index in [9.17, 15) is 21.6 Å². The van der Waals surface area contributed by atoms with E-state index in [0.717, 1.165) is 29.5 Å². The van der Waals surface area contributed by atoms with Crippen molar-refractivity contribution < 1.29 is 21.6 Å². The van der Waals surface area contributed by atoms with Crippen molar-refractivity contribution in [1.29, 1.82) is 0 Å². The van der Waals surface area contributed by atoms with E-state index in [1.54, 1.807) is 48.5 Å². The molecular formula is C29H35N3O5S2. The number of hydrogen-bond donors (Lipinski definition) is 2. The minimum atomic E-state index is -3.60. The Balaban J connectivity index is 1.17. The Morgan fingerprint density at radius 1 is 0.667 bits per heavy atom. The molecule has 1 aliphatic heterocycles. The number of carbonyl (C=O) groups excluding carboxylic acids is 1. The van der Waals surface area contributed by atoms with Crippen LogP contribution in [0.15, 0.2) is 88.7 Å². The van der Waals surface area contributed by atoms with Gasteiger partial charge in [0.1, 0.15) is 0 Å². The summed E-state index contributed by atoms with van der Waals surface area (Å²) in [6.07, 6.45) is 3.79. The lowest BCUT2D eigenvalue weighted by Crippen LogP contribution is -2.28. The van der Waals surface area contributed by atoms with Crippen molar-refractivity contribution in [1.82, 2.24) is 14.3 Å². The highest BCUT2D eigenvalue weighted by molar-refractivity contribution is 7.89. The molecule has 8 nitrogen and oxygen atoms in total. The molecule has 0 radical (unpaired) electrons. The fraction of sp³-hybridized carbons (Fsp3) is 0.345. The van der Waals surface area contributed by atoms with Crippen LogP contribution in [0.4, 0.5) is 0 Å². The number of aryl methyl sites for hydroxylation is 1. The predicted molar refractivity (Wildman–Crippen MR) is 151 cm³/mol. The maximum atomic E-state index is 12.6. The molecule has 4 rings (SSSR count). The SMILES string of the molecule is O=C(CCc1ccc(S(=O)(=O)NCCc2ccccc2)cc1)NCCc1ccc(S(=O)(=O)N2CCCC2)cc1. The van der Waals surface area contributed by atoms with Gasteiger partial charge >= 0.3 is 0 Å². The van der Waals surface area contributed by atoms with E-state index in [0.29, 0.717) is 50.3 Å². The molecule has 0 atom stereocenters. The van der Waals surface area contributed by atoms with Crippen molar-refractivity contribution >= 4 is 26.0 Å². The first-order valence-electron chi connectivity index (χ1n) is 13.2. The second kappa shape index (κ2) is 13.3. The summed E-state index contributed by atoms with van der Waals surface area (Å²) in [5, 5.41) is 2.89. The third kappa shape index (κ3) is 8.22. The summed E-state index contributed by atoms with van der Waals surface area (Å²) >= 11 is 0. The molecule has 0 spiro atoms. The third-order valence-corrected chi connectivity index (χ3v) is 10.2. The smallest absolute Gasteiger partial charge is 0.243 e. The van der Waals surface area contributed by atoms with Crippen molar-refractivity contribution in [2.75, 3.05) is 26.2 Å². The average molecular weight is 570 g/mol. The monoisotopic (exact) mass is 569 g/mol. The first kappa shape index (κ1) is 28.9. The van der Waals surface area contributed by atoms with Gasteiger partial charge in [0.05, 0.1) is 9.79 Å². The number of rotatable bonds is 13. The maximum absolute atomic E-state index is 12.6. The second-order valence-corrected chi connectivity index (χ2v) is 13.3. The summed E-state index contributed by atoms with van der Waals surface area (Å²) in [4.78, 5) is 12.8. The number of nitrogens with one attached hydrogen (secondary N) is 2. The van der Waals surface area contributed by atoms with Crippen LogP contribution in [0, 0.1) is 0 Å². The molecule has 1 heterocycles. The number of amides is 1. The largest absolute Gasteiger partial charge is 0.356 e. The van der Waals surface area contributed by atoms with E-state index in [2.05, 4.69) is 10.0 Å². The molecule has 2 N–H and O–H groups in total. The third-order valence-electron chi connectivity index (χ3n) is 6.78. The zero-order chi connectivity index (χ0) is 27.7. The van der Waals surface area contributed by atoms with Crippen LogP contribution in [0.1, 0.15) is 36.0 Å². The van der Waals surface area contributed by atoms with Crippen LogP contribution >= 0.6 is 0 Å². The molecular weight excluding hydrogens is 534 g/mol. The predicted octanol–water partition coefficient (Wildman–Crippen LogP) is 3.28. The Morgan fingerprint density at radius 3 is 1.85 bits per heavy atom. The molecule has 0 bridgehead atoms. The van der Waals surface area contributed by atoms with Gasteiger partial charge in [-0.3, -0.25) is 4.79 Å². The topological polar surface area (TPSA) is 113 Å². The molecule has 0 unspecified atom stereocenters. The highest BCUT2D eigenvalue weighted by Gasteiger charge is 2.26. The van der Waals surface area contributed by atoms with Gasteiger partial charge in [-0.2, -0.15) is 4.31 Å². The van der Waals surface area contributed by atoms with Crippen LogP contribution in [0.2, 0.25) is 0 Å². The zero-order valence-electron chi connectivity index (χ0n) is 21.9. The summed E-state index contributed by atoms with van der Waals surface area (Å²) in [6, 6.07) is 23.1. The first-order valence-corrected chi connectivity index (χ1v) is 16.1. The standard InChI is InChI=1S/C29H35N3O5S2/c33-29(30-20-18-26-10-15-28(16-11-26)39(36,37)32-22-4-5-23-32)17-12-25-8-13-27(14-9-25)38(34,35)31-21-19-24-6-2-1-3-7-24/h1-3,6-11,13-16,31H,4-5,12,17-23H2,(H,30,33). The van der Waals surface area contributed by atoms with E-state index >= 15 is 0 Å². The van der Waals surface area contributed by atoms with Crippen molar-refractivity contribution in [2.45, 2.75) is 48.3 Å². The molecule has 208 valence electrons. The number of hydrogen-bond acceptors (Lipinski definition) is 5. The van der Waals surface area contributed by atoms with Gasteiger partial charge in [0.25, 0.3) is 0 Å². The molecule has 3 aromatic rings. The van der Waals surface area contributed by atoms with Gasteiger partial charge in [-0.15, -0.1) is 0 Å². The molecule has 1 saturated heterocycles. The van der Waals surface area contributed by atoms with E-state index in [1.807, 2.05) is 30.3 Å². The molecule has 3 aromatic carbocycles. The normalized spacial score (nSPS) is 14.4. The summed E-state index contributed by atoms with van der Waals surface area (Å²) < 4.78 is 54.5. The average Bonchev–Trinajstić information content (AvgIpc) is 3.49. The highest BCUT2D eigenvalue weighted by Crippen LogP contribution is 2.21. The second-order valence-electron chi connectivity index (χ2n) is 9.63. The molecule has 1 fully saturated rings. The van der Waals surface area contributed by atoms with Gasteiger partial charge in [-0.05, 0) is 73.1 Å². The summed E-state index contributed by atoms with van der Waals surface area (Å²) in [7, 11) is -7.02. The van der Waals surface area contributed by atoms with Crippen LogP contribution in [-0.4, -0.2) is 53.2 Å². The van der Waals surface area contributed by atoms with Crippen LogP contribution in [-0.2, 0) is 44.1 Å². The summed E-state index contributed by atoms with van der Waals surface area (Å²) in [5.74, 6) is -0.0949. The first-order chi connectivity index (χ1) is 18.7. The van der Waals surface area contributed by atoms with Crippen LogP contribution in [0.5, 0.6) is 0 Å². The van der Waals surface area contributed by atoms with Crippen molar-refractivity contribution in [3.05, 3.63) is 95.6 Å². The Labute approximate surface area is 231 Å². The number of sulfonamides is 2. The Bertz CT molecular complexity index is 1440. The van der Waals surface area contributed by atoms with Gasteiger partial charge in [-0.1, -0.05) is 54.6 Å². The molecule has 1 amide bonds. The van der Waals surface area contributed by atoms with Crippen LogP contribution in [0.25, 0.3) is 0 Å². The van der Waals surface area contributed by atoms with Gasteiger partial charge in [-0.25, -0.2) is 21.6 Å². The lowest BCUT2D eigenvalue weighted by Gasteiger charge is -2.15. The van der Waals surface area contributed by atoms with Gasteiger partial charge in [0, 0.05) is 32.6 Å². The zero-order valence-corrected chi connectivity index (χ0v) is 23.5. The fourth-order valence-electron chi connectivity index (χ4n) is 4.49. The Morgan fingerprint density at radius 2 is 1.21 bits per heavy atom. The lowest BCUT2D eigenvalue weighted by atomic mass is 10.1. The number of nitrogens with zero attached hydrogens (tertiary/aromatic N) is 1. The van der Waals surface area contributed by atoms with E-state index in [1.165, 1.54) is 4.31 Å². The molecule has 10 heteroatoms. The van der Waals surface area contributed by atoms with E-state index in [4.69, 9.17) is 0 Å². The molecule has 39 heavy (non-hydrogen) atoms. The highest BCUT2D eigenvalue weighted by atomic mass is 32.2. The Kier molecular flexibility index (Phi) is 9.90. The molecule has 1 aliphatic rings. The fourth-order valence-corrected chi connectivity index (χ4v) is 7.04. The summed E-state index contributed by atoms with van der Waals surface area (Å²) in [6.45, 7) is 1.91. The minimum Gasteiger partial charge on any atom is -0.356 e. The van der Waals surface area contributed by atoms with Gasteiger partial charge in [0.15, 0.2) is 0 Å². The van der Waals surface area contributed by atoms with Crippen LogP contribution in [0.3, 0.4) is 0 Å². The van der Waals surface area contributed by atoms with Gasteiger partial charge < -0.3 is 5.32 Å². The lowest BCUT2D eigenvalue weighted by molar-refractivity contribution is -0.121. The minimum absolute atomic E-state index is 0.0949. The molecule has 0 aliphatic carbocycles. The van der Waals surface area contributed by atoms with Crippen molar-refractivity contribution in [3.63, 3.8) is 0 Å². The molecule has 0 saturated carbocycles.